The van der Waals surface area contributed by atoms with Crippen LogP contribution in [0.1, 0.15) is 36.3 Å². The normalized spacial score (nSPS) is 25.2. The van der Waals surface area contributed by atoms with Gasteiger partial charge in [-0.05, 0) is 24.8 Å². The maximum atomic E-state index is 12.7. The van der Waals surface area contributed by atoms with E-state index in [4.69, 9.17) is 16.3 Å². The molecule has 5 nitrogen and oxygen atoms in total. The predicted octanol–water partition coefficient (Wildman–Crippen LogP) is 2.36. The van der Waals surface area contributed by atoms with Gasteiger partial charge in [0.05, 0.1) is 18.1 Å². The Bertz CT molecular complexity index is 579. The van der Waals surface area contributed by atoms with Gasteiger partial charge in [-0.2, -0.15) is 0 Å². The zero-order chi connectivity index (χ0) is 15.1. The highest BCUT2D eigenvalue weighted by molar-refractivity contribution is 6.31. The second kappa shape index (κ2) is 5.37. The summed E-state index contributed by atoms with van der Waals surface area (Å²) in [5, 5.41) is 0.585. The number of halogens is 1. The number of nitrogens with zero attached hydrogens (tertiary/aromatic N) is 2. The summed E-state index contributed by atoms with van der Waals surface area (Å²) in [7, 11) is 1.39. The summed E-state index contributed by atoms with van der Waals surface area (Å²) in [5.74, 6) is -0.416. The van der Waals surface area contributed by atoms with E-state index in [-0.39, 0.29) is 23.7 Å². The number of carbonyl (C=O) groups excluding carboxylic acids is 2. The fourth-order valence-corrected chi connectivity index (χ4v) is 3.23. The fourth-order valence-electron chi connectivity index (χ4n) is 3.02. The molecule has 6 heteroatoms. The summed E-state index contributed by atoms with van der Waals surface area (Å²) < 4.78 is 6.78. The molecule has 0 radical (unpaired) electrons. The standard InChI is InChI=1S/C15H19ClN2O3/c1-9-6-17(8-12(9)15(20)21-2)14(19)13-5-10(16)7-18(13)11-3-4-11/h5,7,9,11-12H,3-4,6,8H2,1-2H3. The van der Waals surface area contributed by atoms with Gasteiger partial charge in [-0.3, -0.25) is 9.59 Å². The Morgan fingerprint density at radius 2 is 2.05 bits per heavy atom. The maximum absolute atomic E-state index is 12.7. The van der Waals surface area contributed by atoms with Crippen LogP contribution in [0.2, 0.25) is 5.02 Å². The zero-order valence-corrected chi connectivity index (χ0v) is 13.0. The second-order valence-corrected chi connectivity index (χ2v) is 6.44. The third-order valence-electron chi connectivity index (χ3n) is 4.38. The van der Waals surface area contributed by atoms with Crippen molar-refractivity contribution in [2.24, 2.45) is 11.8 Å². The van der Waals surface area contributed by atoms with Gasteiger partial charge in [0.1, 0.15) is 5.69 Å². The van der Waals surface area contributed by atoms with Gasteiger partial charge < -0.3 is 14.2 Å². The lowest BCUT2D eigenvalue weighted by Crippen LogP contribution is -2.31. The molecular formula is C15H19ClN2O3. The fraction of sp³-hybridized carbons (Fsp3) is 0.600. The summed E-state index contributed by atoms with van der Waals surface area (Å²) in [4.78, 5) is 26.2. The highest BCUT2D eigenvalue weighted by Gasteiger charge is 2.39. The van der Waals surface area contributed by atoms with Crippen LogP contribution < -0.4 is 0 Å². The van der Waals surface area contributed by atoms with Crippen LogP contribution in [0.3, 0.4) is 0 Å². The molecule has 114 valence electrons. The zero-order valence-electron chi connectivity index (χ0n) is 12.2. The van der Waals surface area contributed by atoms with Gasteiger partial charge in [-0.15, -0.1) is 0 Å². The predicted molar refractivity (Wildman–Crippen MR) is 78.3 cm³/mol. The van der Waals surface area contributed by atoms with E-state index in [1.54, 1.807) is 11.0 Å². The molecule has 0 N–H and O–H groups in total. The number of esters is 1. The maximum Gasteiger partial charge on any atom is 0.310 e. The van der Waals surface area contributed by atoms with Gasteiger partial charge in [0.25, 0.3) is 5.91 Å². The molecule has 3 rings (SSSR count). The van der Waals surface area contributed by atoms with E-state index >= 15 is 0 Å². The van der Waals surface area contributed by atoms with Gasteiger partial charge >= 0.3 is 5.97 Å². The lowest BCUT2D eigenvalue weighted by atomic mass is 9.99. The van der Waals surface area contributed by atoms with Crippen molar-refractivity contribution in [2.45, 2.75) is 25.8 Å². The highest BCUT2D eigenvalue weighted by Crippen LogP contribution is 2.38. The number of methoxy groups -OCH3 is 1. The van der Waals surface area contributed by atoms with Gasteiger partial charge in [-0.1, -0.05) is 18.5 Å². The SMILES string of the molecule is COC(=O)C1CN(C(=O)c2cc(Cl)cn2C2CC2)CC1C. The van der Waals surface area contributed by atoms with Crippen molar-refractivity contribution in [3.8, 4) is 0 Å². The van der Waals surface area contributed by atoms with E-state index in [9.17, 15) is 9.59 Å². The van der Waals surface area contributed by atoms with Gasteiger partial charge in [0.2, 0.25) is 0 Å². The van der Waals surface area contributed by atoms with Crippen LogP contribution >= 0.6 is 11.6 Å². The molecule has 2 atom stereocenters. The van der Waals surface area contributed by atoms with Crippen LogP contribution in [-0.2, 0) is 9.53 Å². The Kier molecular flexibility index (Phi) is 3.69. The molecule has 1 aliphatic heterocycles. The minimum Gasteiger partial charge on any atom is -0.469 e. The first-order chi connectivity index (χ1) is 10.0. The molecule has 1 saturated carbocycles. The average molecular weight is 311 g/mol. The molecule has 2 aliphatic rings. The number of likely N-dealkylation sites (tertiary alicyclic amines) is 1. The lowest BCUT2D eigenvalue weighted by Gasteiger charge is -2.17. The molecule has 0 aromatic carbocycles. The van der Waals surface area contributed by atoms with Gasteiger partial charge in [0, 0.05) is 25.3 Å². The molecule has 2 heterocycles. The van der Waals surface area contributed by atoms with Crippen LogP contribution in [0.15, 0.2) is 12.3 Å². The Labute approximate surface area is 128 Å². The summed E-state index contributed by atoms with van der Waals surface area (Å²) in [6.07, 6.45) is 4.00. The number of hydrogen-bond acceptors (Lipinski definition) is 3. The molecule has 0 bridgehead atoms. The third-order valence-corrected chi connectivity index (χ3v) is 4.58. The Balaban J connectivity index is 1.79. The molecule has 1 amide bonds. The van der Waals surface area contributed by atoms with Crippen molar-refractivity contribution in [3.05, 3.63) is 23.0 Å². The largest absolute Gasteiger partial charge is 0.469 e. The molecule has 2 unspecified atom stereocenters. The Morgan fingerprint density at radius 3 is 2.67 bits per heavy atom. The summed E-state index contributed by atoms with van der Waals surface area (Å²) in [5.41, 5.74) is 0.625. The lowest BCUT2D eigenvalue weighted by molar-refractivity contribution is -0.146. The van der Waals surface area contributed by atoms with E-state index in [0.29, 0.717) is 29.8 Å². The number of hydrogen-bond donors (Lipinski definition) is 0. The van der Waals surface area contributed by atoms with E-state index < -0.39 is 0 Å². The van der Waals surface area contributed by atoms with Crippen molar-refractivity contribution in [1.29, 1.82) is 0 Å². The molecule has 21 heavy (non-hydrogen) atoms. The van der Waals surface area contributed by atoms with E-state index in [2.05, 4.69) is 0 Å². The molecule has 1 aromatic rings. The van der Waals surface area contributed by atoms with Crippen molar-refractivity contribution < 1.29 is 14.3 Å². The van der Waals surface area contributed by atoms with Crippen molar-refractivity contribution in [3.63, 3.8) is 0 Å². The first-order valence-corrected chi connectivity index (χ1v) is 7.63. The van der Waals surface area contributed by atoms with Crippen LogP contribution in [0.25, 0.3) is 0 Å². The third kappa shape index (κ3) is 2.67. The summed E-state index contributed by atoms with van der Waals surface area (Å²) >= 11 is 6.05. The number of aromatic nitrogens is 1. The monoisotopic (exact) mass is 310 g/mol. The number of amides is 1. The van der Waals surface area contributed by atoms with Gasteiger partial charge in [-0.25, -0.2) is 0 Å². The van der Waals surface area contributed by atoms with E-state index in [1.165, 1.54) is 7.11 Å². The first kappa shape index (κ1) is 14.4. The Morgan fingerprint density at radius 1 is 1.33 bits per heavy atom. The molecular weight excluding hydrogens is 292 g/mol. The smallest absolute Gasteiger partial charge is 0.310 e. The number of carbonyl (C=O) groups is 2. The van der Waals surface area contributed by atoms with Gasteiger partial charge in [0.15, 0.2) is 0 Å². The molecule has 2 fully saturated rings. The van der Waals surface area contributed by atoms with Crippen molar-refractivity contribution >= 4 is 23.5 Å². The van der Waals surface area contributed by atoms with Crippen LogP contribution in [-0.4, -0.2) is 41.5 Å². The average Bonchev–Trinajstić information content (AvgIpc) is 3.13. The number of rotatable bonds is 3. The first-order valence-electron chi connectivity index (χ1n) is 7.25. The topological polar surface area (TPSA) is 51.5 Å². The quantitative estimate of drug-likeness (QED) is 0.805. The van der Waals surface area contributed by atoms with Crippen molar-refractivity contribution in [2.75, 3.05) is 20.2 Å². The highest BCUT2D eigenvalue weighted by atomic mass is 35.5. The molecule has 0 spiro atoms. The summed E-state index contributed by atoms with van der Waals surface area (Å²) in [6, 6.07) is 2.12. The molecule has 1 saturated heterocycles. The van der Waals surface area contributed by atoms with E-state index in [1.807, 2.05) is 17.7 Å². The molecule has 1 aliphatic carbocycles. The Hall–Kier alpha value is -1.49. The molecule has 1 aromatic heterocycles. The van der Waals surface area contributed by atoms with E-state index in [0.717, 1.165) is 12.8 Å². The number of ether oxygens (including phenoxy) is 1. The van der Waals surface area contributed by atoms with Crippen LogP contribution in [0.5, 0.6) is 0 Å². The minimum atomic E-state index is -0.242. The second-order valence-electron chi connectivity index (χ2n) is 6.00. The van der Waals surface area contributed by atoms with Crippen molar-refractivity contribution in [1.82, 2.24) is 9.47 Å². The minimum absolute atomic E-state index is 0.0490. The summed E-state index contributed by atoms with van der Waals surface area (Å²) in [6.45, 7) is 2.97. The van der Waals surface area contributed by atoms with Crippen LogP contribution in [0, 0.1) is 11.8 Å². The van der Waals surface area contributed by atoms with Crippen LogP contribution in [0.4, 0.5) is 0 Å².